The zero-order valence-corrected chi connectivity index (χ0v) is 9.40. The molecule has 1 rings (SSSR count). The van der Waals surface area contributed by atoms with Crippen LogP contribution in [-0.4, -0.2) is 11.1 Å². The lowest BCUT2D eigenvalue weighted by Crippen LogP contribution is -1.93. The first-order chi connectivity index (χ1) is 6.70. The number of rotatable bonds is 6. The summed E-state index contributed by atoms with van der Waals surface area (Å²) >= 11 is 7.58. The highest BCUT2D eigenvalue weighted by atomic mass is 35.5. The molecule has 0 radical (unpaired) electrons. The number of carboxylic acids is 1. The Kier molecular flexibility index (Phi) is 4.98. The van der Waals surface area contributed by atoms with E-state index in [0.29, 0.717) is 0 Å². The molecular formula is C10H13ClO2S. The van der Waals surface area contributed by atoms with Gasteiger partial charge in [-0.3, -0.25) is 4.79 Å². The summed E-state index contributed by atoms with van der Waals surface area (Å²) in [7, 11) is 0. The average molecular weight is 233 g/mol. The van der Waals surface area contributed by atoms with Crippen molar-refractivity contribution >= 4 is 28.9 Å². The van der Waals surface area contributed by atoms with Gasteiger partial charge in [0.25, 0.3) is 0 Å². The van der Waals surface area contributed by atoms with Gasteiger partial charge in [0.2, 0.25) is 0 Å². The number of carbonyl (C=O) groups is 1. The first-order valence-corrected chi connectivity index (χ1v) is 5.89. The number of hydrogen-bond donors (Lipinski definition) is 1. The van der Waals surface area contributed by atoms with E-state index in [-0.39, 0.29) is 6.42 Å². The molecule has 14 heavy (non-hydrogen) atoms. The van der Waals surface area contributed by atoms with E-state index in [1.165, 1.54) is 4.88 Å². The van der Waals surface area contributed by atoms with Crippen LogP contribution in [0.3, 0.4) is 0 Å². The topological polar surface area (TPSA) is 37.3 Å². The maximum absolute atomic E-state index is 10.2. The van der Waals surface area contributed by atoms with E-state index in [9.17, 15) is 4.79 Å². The first-order valence-electron chi connectivity index (χ1n) is 4.64. The Morgan fingerprint density at radius 2 is 2.21 bits per heavy atom. The summed E-state index contributed by atoms with van der Waals surface area (Å²) in [6, 6.07) is 1.90. The van der Waals surface area contributed by atoms with Gasteiger partial charge in [-0.25, -0.2) is 0 Å². The molecular weight excluding hydrogens is 220 g/mol. The second-order valence-electron chi connectivity index (χ2n) is 3.15. The van der Waals surface area contributed by atoms with Crippen LogP contribution in [0.15, 0.2) is 11.4 Å². The fraction of sp³-hybridized carbons (Fsp3) is 0.500. The van der Waals surface area contributed by atoms with Crippen LogP contribution in [0.1, 0.15) is 30.6 Å². The fourth-order valence-electron chi connectivity index (χ4n) is 1.24. The monoisotopic (exact) mass is 232 g/mol. The van der Waals surface area contributed by atoms with Gasteiger partial charge >= 0.3 is 5.97 Å². The number of aryl methyl sites for hydroxylation is 1. The summed E-state index contributed by atoms with van der Waals surface area (Å²) in [5, 5.41) is 11.2. The molecule has 0 bridgehead atoms. The third-order valence-electron chi connectivity index (χ3n) is 1.99. The number of aliphatic carboxylic acids is 1. The molecule has 0 spiro atoms. The molecule has 0 aromatic carbocycles. The summed E-state index contributed by atoms with van der Waals surface area (Å²) in [4.78, 5) is 11.4. The predicted molar refractivity (Wildman–Crippen MR) is 59.1 cm³/mol. The Morgan fingerprint density at radius 1 is 1.43 bits per heavy atom. The summed E-state index contributed by atoms with van der Waals surface area (Å²) in [6.07, 6.45) is 3.99. The van der Waals surface area contributed by atoms with Crippen molar-refractivity contribution in [3.8, 4) is 0 Å². The number of carboxylic acid groups (broad SMARTS) is 1. The van der Waals surface area contributed by atoms with Crippen LogP contribution < -0.4 is 0 Å². The maximum atomic E-state index is 10.2. The lowest BCUT2D eigenvalue weighted by Gasteiger charge is -1.98. The van der Waals surface area contributed by atoms with Crippen molar-refractivity contribution < 1.29 is 9.90 Å². The normalized spacial score (nSPS) is 10.4. The number of hydrogen-bond acceptors (Lipinski definition) is 2. The van der Waals surface area contributed by atoms with Crippen LogP contribution in [-0.2, 0) is 11.2 Å². The fourth-order valence-corrected chi connectivity index (χ4v) is 2.42. The SMILES string of the molecule is O=C(O)CCCCCc1sccc1Cl. The van der Waals surface area contributed by atoms with Gasteiger partial charge in [-0.15, -0.1) is 11.3 Å². The van der Waals surface area contributed by atoms with E-state index in [1.54, 1.807) is 11.3 Å². The quantitative estimate of drug-likeness (QED) is 0.762. The minimum Gasteiger partial charge on any atom is -0.481 e. The van der Waals surface area contributed by atoms with Crippen LogP contribution in [0.4, 0.5) is 0 Å². The molecule has 0 amide bonds. The summed E-state index contributed by atoms with van der Waals surface area (Å²) < 4.78 is 0. The van der Waals surface area contributed by atoms with Crippen molar-refractivity contribution in [3.63, 3.8) is 0 Å². The van der Waals surface area contributed by atoms with Crippen LogP contribution in [0.2, 0.25) is 5.02 Å². The Labute approximate surface area is 92.5 Å². The van der Waals surface area contributed by atoms with Gasteiger partial charge in [-0.05, 0) is 30.7 Å². The largest absolute Gasteiger partial charge is 0.481 e. The smallest absolute Gasteiger partial charge is 0.303 e. The molecule has 1 N–H and O–H groups in total. The second-order valence-corrected chi connectivity index (χ2v) is 4.55. The molecule has 1 aromatic heterocycles. The molecule has 1 heterocycles. The molecule has 0 unspecified atom stereocenters. The highest BCUT2D eigenvalue weighted by Crippen LogP contribution is 2.23. The van der Waals surface area contributed by atoms with Gasteiger partial charge in [0.05, 0.1) is 5.02 Å². The first kappa shape index (κ1) is 11.5. The highest BCUT2D eigenvalue weighted by molar-refractivity contribution is 7.10. The highest BCUT2D eigenvalue weighted by Gasteiger charge is 2.01. The van der Waals surface area contributed by atoms with Crippen molar-refractivity contribution in [2.24, 2.45) is 0 Å². The predicted octanol–water partition coefficient (Wildman–Crippen LogP) is 3.59. The zero-order chi connectivity index (χ0) is 10.4. The average Bonchev–Trinajstić information content (AvgIpc) is 2.51. The molecule has 4 heteroatoms. The van der Waals surface area contributed by atoms with E-state index in [1.807, 2.05) is 11.4 Å². The van der Waals surface area contributed by atoms with Gasteiger partial charge in [-0.2, -0.15) is 0 Å². The minimum atomic E-state index is -0.709. The van der Waals surface area contributed by atoms with E-state index in [4.69, 9.17) is 16.7 Å². The molecule has 0 aliphatic heterocycles. The van der Waals surface area contributed by atoms with Gasteiger partial charge in [-0.1, -0.05) is 18.0 Å². The van der Waals surface area contributed by atoms with Gasteiger partial charge in [0, 0.05) is 11.3 Å². The Hall–Kier alpha value is -0.540. The van der Waals surface area contributed by atoms with E-state index < -0.39 is 5.97 Å². The van der Waals surface area contributed by atoms with Crippen LogP contribution in [0, 0.1) is 0 Å². The van der Waals surface area contributed by atoms with Gasteiger partial charge < -0.3 is 5.11 Å². The molecule has 0 saturated carbocycles. The molecule has 0 atom stereocenters. The summed E-state index contributed by atoms with van der Waals surface area (Å²) in [6.45, 7) is 0. The van der Waals surface area contributed by atoms with Crippen LogP contribution in [0.5, 0.6) is 0 Å². The Bertz CT molecular complexity index is 296. The number of unbranched alkanes of at least 4 members (excludes halogenated alkanes) is 2. The minimum absolute atomic E-state index is 0.276. The third kappa shape index (κ3) is 4.11. The van der Waals surface area contributed by atoms with Gasteiger partial charge in [0.15, 0.2) is 0 Å². The Morgan fingerprint density at radius 3 is 2.79 bits per heavy atom. The molecule has 2 nitrogen and oxygen atoms in total. The second kappa shape index (κ2) is 6.04. The lowest BCUT2D eigenvalue weighted by molar-refractivity contribution is -0.137. The van der Waals surface area contributed by atoms with E-state index in [2.05, 4.69) is 0 Å². The van der Waals surface area contributed by atoms with Crippen LogP contribution in [0.25, 0.3) is 0 Å². The summed E-state index contributed by atoms with van der Waals surface area (Å²) in [5.41, 5.74) is 0. The third-order valence-corrected chi connectivity index (χ3v) is 3.43. The van der Waals surface area contributed by atoms with E-state index in [0.717, 1.165) is 30.7 Å². The van der Waals surface area contributed by atoms with Crippen molar-refractivity contribution in [1.82, 2.24) is 0 Å². The molecule has 0 fully saturated rings. The number of thiophene rings is 1. The lowest BCUT2D eigenvalue weighted by atomic mass is 10.1. The zero-order valence-electron chi connectivity index (χ0n) is 7.83. The number of halogens is 1. The summed E-state index contributed by atoms with van der Waals surface area (Å²) in [5.74, 6) is -0.709. The van der Waals surface area contributed by atoms with Crippen molar-refractivity contribution in [1.29, 1.82) is 0 Å². The molecule has 1 aromatic rings. The molecule has 0 saturated heterocycles. The molecule has 78 valence electrons. The van der Waals surface area contributed by atoms with Crippen molar-refractivity contribution in [2.75, 3.05) is 0 Å². The Balaban J connectivity index is 2.10. The van der Waals surface area contributed by atoms with Crippen LogP contribution >= 0.6 is 22.9 Å². The molecule has 0 aliphatic carbocycles. The molecule has 0 aliphatic rings. The maximum Gasteiger partial charge on any atom is 0.303 e. The van der Waals surface area contributed by atoms with Crippen molar-refractivity contribution in [2.45, 2.75) is 32.1 Å². The standard InChI is InChI=1S/C10H13ClO2S/c11-8-6-7-14-9(8)4-2-1-3-5-10(12)13/h6-7H,1-5H2,(H,12,13). The van der Waals surface area contributed by atoms with E-state index >= 15 is 0 Å². The van der Waals surface area contributed by atoms with Gasteiger partial charge in [0.1, 0.15) is 0 Å². The van der Waals surface area contributed by atoms with Crippen molar-refractivity contribution in [3.05, 3.63) is 21.3 Å².